The number of nitrogens with zero attached hydrogens (tertiary/aromatic N) is 1. The number of aromatic nitrogens is 1. The molecular weight excluding hydrogens is 282 g/mol. The maximum atomic E-state index is 11.9. The maximum Gasteiger partial charge on any atom is 0.230 e. The monoisotopic (exact) mass is 303 g/mol. The first-order chi connectivity index (χ1) is 10.0. The van der Waals surface area contributed by atoms with Gasteiger partial charge in [0.15, 0.2) is 5.13 Å². The molecule has 1 aromatic heterocycles. The number of anilines is 1. The van der Waals surface area contributed by atoms with E-state index in [1.54, 1.807) is 0 Å². The summed E-state index contributed by atoms with van der Waals surface area (Å²) in [6, 6.07) is 10.0. The first-order valence-electron chi connectivity index (χ1n) is 7.10. The van der Waals surface area contributed by atoms with E-state index in [4.69, 9.17) is 5.73 Å². The molecule has 2 rings (SSSR count). The Labute approximate surface area is 129 Å². The van der Waals surface area contributed by atoms with Gasteiger partial charge in [0.05, 0.1) is 5.69 Å². The zero-order valence-electron chi connectivity index (χ0n) is 12.6. The van der Waals surface area contributed by atoms with E-state index < -0.39 is 0 Å². The minimum Gasteiger partial charge on any atom is -0.330 e. The van der Waals surface area contributed by atoms with Crippen LogP contribution in [0.25, 0.3) is 11.3 Å². The predicted octanol–water partition coefficient (Wildman–Crippen LogP) is 3.47. The van der Waals surface area contributed by atoms with Gasteiger partial charge in [-0.25, -0.2) is 4.98 Å². The van der Waals surface area contributed by atoms with E-state index in [1.807, 2.05) is 37.3 Å². The Morgan fingerprint density at radius 2 is 1.95 bits per heavy atom. The van der Waals surface area contributed by atoms with Gasteiger partial charge in [-0.3, -0.25) is 4.79 Å². The smallest absolute Gasteiger partial charge is 0.230 e. The Bertz CT molecular complexity index is 607. The molecule has 1 aromatic carbocycles. The molecule has 21 heavy (non-hydrogen) atoms. The second-order valence-corrected chi connectivity index (χ2v) is 6.41. The van der Waals surface area contributed by atoms with Gasteiger partial charge in [-0.1, -0.05) is 51.1 Å². The molecule has 1 atom stereocenters. The van der Waals surface area contributed by atoms with Crippen molar-refractivity contribution in [3.63, 3.8) is 0 Å². The number of hydrogen-bond donors (Lipinski definition) is 2. The summed E-state index contributed by atoms with van der Waals surface area (Å²) in [5, 5.41) is 3.51. The van der Waals surface area contributed by atoms with Crippen LogP contribution in [-0.2, 0) is 4.79 Å². The lowest BCUT2D eigenvalue weighted by atomic mass is 10.1. The highest BCUT2D eigenvalue weighted by Gasteiger charge is 2.18. The minimum absolute atomic E-state index is 0.0823. The van der Waals surface area contributed by atoms with Crippen LogP contribution in [0, 0.1) is 5.92 Å². The number of benzene rings is 1. The molecule has 0 aliphatic heterocycles. The highest BCUT2D eigenvalue weighted by Crippen LogP contribution is 2.36. The lowest BCUT2D eigenvalue weighted by molar-refractivity contribution is -0.119. The van der Waals surface area contributed by atoms with Crippen LogP contribution in [0.1, 0.15) is 31.6 Å². The van der Waals surface area contributed by atoms with Crippen LogP contribution in [0.4, 0.5) is 5.13 Å². The molecular formula is C16H21N3OS. The van der Waals surface area contributed by atoms with Crippen LogP contribution < -0.4 is 11.1 Å². The van der Waals surface area contributed by atoms with E-state index in [9.17, 15) is 4.79 Å². The van der Waals surface area contributed by atoms with Crippen molar-refractivity contribution in [2.45, 2.75) is 26.7 Å². The summed E-state index contributed by atoms with van der Waals surface area (Å²) < 4.78 is 0. The largest absolute Gasteiger partial charge is 0.330 e. The van der Waals surface area contributed by atoms with Gasteiger partial charge in [-0.2, -0.15) is 0 Å². The Morgan fingerprint density at radius 1 is 1.29 bits per heavy atom. The van der Waals surface area contributed by atoms with E-state index in [0.29, 0.717) is 17.6 Å². The Kier molecular flexibility index (Phi) is 5.09. The van der Waals surface area contributed by atoms with Gasteiger partial charge in [0.2, 0.25) is 5.91 Å². The fraction of sp³-hybridized carbons (Fsp3) is 0.375. The molecule has 3 N–H and O–H groups in total. The van der Waals surface area contributed by atoms with Crippen LogP contribution in [0.15, 0.2) is 30.3 Å². The van der Waals surface area contributed by atoms with Gasteiger partial charge in [0, 0.05) is 22.9 Å². The summed E-state index contributed by atoms with van der Waals surface area (Å²) in [4.78, 5) is 17.7. The van der Waals surface area contributed by atoms with Gasteiger partial charge in [-0.15, -0.1) is 11.3 Å². The number of carbonyl (C=O) groups is 1. The molecule has 1 unspecified atom stereocenters. The first-order valence-corrected chi connectivity index (χ1v) is 7.91. The van der Waals surface area contributed by atoms with E-state index >= 15 is 0 Å². The van der Waals surface area contributed by atoms with Gasteiger partial charge in [0.25, 0.3) is 0 Å². The third kappa shape index (κ3) is 3.68. The van der Waals surface area contributed by atoms with Crippen molar-refractivity contribution in [3.8, 4) is 11.3 Å². The minimum atomic E-state index is -0.212. The summed E-state index contributed by atoms with van der Waals surface area (Å²) in [5.74, 6) is 0.0630. The van der Waals surface area contributed by atoms with Gasteiger partial charge >= 0.3 is 0 Å². The summed E-state index contributed by atoms with van der Waals surface area (Å²) in [6.45, 7) is 6.41. The summed E-state index contributed by atoms with van der Waals surface area (Å²) in [7, 11) is 0. The number of carbonyl (C=O) groups excluding carboxylic acids is 1. The van der Waals surface area contributed by atoms with Crippen LogP contribution in [0.5, 0.6) is 0 Å². The Morgan fingerprint density at radius 3 is 2.52 bits per heavy atom. The summed E-state index contributed by atoms with van der Waals surface area (Å²) in [5.41, 5.74) is 7.55. The molecule has 1 heterocycles. The Balaban J connectivity index is 2.32. The summed E-state index contributed by atoms with van der Waals surface area (Å²) in [6.07, 6.45) is 0. The lowest BCUT2D eigenvalue weighted by Gasteiger charge is -2.06. The predicted molar refractivity (Wildman–Crippen MR) is 88.5 cm³/mol. The molecule has 112 valence electrons. The molecule has 0 saturated carbocycles. The van der Waals surface area contributed by atoms with Crippen molar-refractivity contribution in [3.05, 3.63) is 35.2 Å². The van der Waals surface area contributed by atoms with E-state index in [-0.39, 0.29) is 11.8 Å². The average molecular weight is 303 g/mol. The second kappa shape index (κ2) is 6.83. The van der Waals surface area contributed by atoms with Gasteiger partial charge in [-0.05, 0) is 5.92 Å². The second-order valence-electron chi connectivity index (χ2n) is 5.38. The van der Waals surface area contributed by atoms with Crippen LogP contribution in [0.3, 0.4) is 0 Å². The molecule has 0 saturated heterocycles. The number of amides is 1. The van der Waals surface area contributed by atoms with E-state index in [1.165, 1.54) is 16.2 Å². The zero-order valence-corrected chi connectivity index (χ0v) is 13.4. The number of nitrogens with one attached hydrogen (secondary N) is 1. The maximum absolute atomic E-state index is 11.9. The molecule has 0 fully saturated rings. The van der Waals surface area contributed by atoms with Crippen molar-refractivity contribution in [1.29, 1.82) is 0 Å². The molecule has 0 bridgehead atoms. The number of rotatable bonds is 5. The van der Waals surface area contributed by atoms with E-state index in [0.717, 1.165) is 11.3 Å². The first kappa shape index (κ1) is 15.7. The van der Waals surface area contributed by atoms with Crippen LogP contribution in [0.2, 0.25) is 0 Å². The summed E-state index contributed by atoms with van der Waals surface area (Å²) >= 11 is 1.53. The van der Waals surface area contributed by atoms with Crippen molar-refractivity contribution in [2.75, 3.05) is 11.9 Å². The van der Waals surface area contributed by atoms with Crippen LogP contribution >= 0.6 is 11.3 Å². The normalized spacial score (nSPS) is 12.4. The van der Waals surface area contributed by atoms with Gasteiger partial charge < -0.3 is 11.1 Å². The average Bonchev–Trinajstić information content (AvgIpc) is 2.91. The fourth-order valence-corrected chi connectivity index (χ4v) is 2.91. The van der Waals surface area contributed by atoms with Gasteiger partial charge in [0.1, 0.15) is 0 Å². The van der Waals surface area contributed by atoms with Crippen LogP contribution in [-0.4, -0.2) is 17.4 Å². The number of hydrogen-bond acceptors (Lipinski definition) is 4. The standard InChI is InChI=1S/C16H21N3OS/c1-10(2)14-13(12-7-5-4-6-8-12)18-16(21-14)19-15(20)11(3)9-17/h4-8,10-11H,9,17H2,1-3H3,(H,18,19,20). The topological polar surface area (TPSA) is 68.0 Å². The molecule has 2 aromatic rings. The lowest BCUT2D eigenvalue weighted by Crippen LogP contribution is -2.26. The van der Waals surface area contributed by atoms with E-state index in [2.05, 4.69) is 24.1 Å². The molecule has 0 spiro atoms. The zero-order chi connectivity index (χ0) is 15.4. The molecule has 0 aliphatic carbocycles. The molecule has 5 heteroatoms. The third-order valence-electron chi connectivity index (χ3n) is 3.26. The van der Waals surface area contributed by atoms with Crippen molar-refractivity contribution >= 4 is 22.4 Å². The van der Waals surface area contributed by atoms with Crippen molar-refractivity contribution in [1.82, 2.24) is 4.98 Å². The SMILES string of the molecule is CC(CN)C(=O)Nc1nc(-c2ccccc2)c(C(C)C)s1. The third-order valence-corrected chi connectivity index (χ3v) is 4.53. The van der Waals surface area contributed by atoms with Crippen molar-refractivity contribution in [2.24, 2.45) is 11.7 Å². The highest BCUT2D eigenvalue weighted by atomic mass is 32.1. The number of thiazole rings is 1. The molecule has 0 radical (unpaired) electrons. The highest BCUT2D eigenvalue weighted by molar-refractivity contribution is 7.16. The van der Waals surface area contributed by atoms with Crippen molar-refractivity contribution < 1.29 is 4.79 Å². The Hall–Kier alpha value is -1.72. The fourth-order valence-electron chi connectivity index (χ4n) is 1.92. The number of nitrogens with two attached hydrogens (primary N) is 1. The molecule has 1 amide bonds. The quantitative estimate of drug-likeness (QED) is 0.888. The molecule has 0 aliphatic rings. The molecule has 4 nitrogen and oxygen atoms in total.